The molecule has 1 N–H and O–H groups in total. The average Bonchev–Trinajstić information content (AvgIpc) is 3.31. The largest absolute Gasteiger partial charge is 0.339 e. The summed E-state index contributed by atoms with van der Waals surface area (Å²) in [5.74, 6) is 1.25. The number of amides is 2. The van der Waals surface area contributed by atoms with Gasteiger partial charge in [0.25, 0.3) is 0 Å². The highest BCUT2D eigenvalue weighted by Crippen LogP contribution is 2.31. The molecule has 5 nitrogen and oxygen atoms in total. The van der Waals surface area contributed by atoms with Crippen LogP contribution in [0.4, 0.5) is 0 Å². The monoisotopic (exact) mass is 279 g/mol. The molecule has 2 unspecified atom stereocenters. The summed E-state index contributed by atoms with van der Waals surface area (Å²) in [5, 5.41) is 3.36. The summed E-state index contributed by atoms with van der Waals surface area (Å²) in [7, 11) is 0. The van der Waals surface area contributed by atoms with Crippen molar-refractivity contribution in [2.45, 2.75) is 38.6 Å². The Balaban J connectivity index is 1.51. The van der Waals surface area contributed by atoms with Crippen LogP contribution in [0.15, 0.2) is 0 Å². The van der Waals surface area contributed by atoms with Gasteiger partial charge in [-0.1, -0.05) is 6.92 Å². The Morgan fingerprint density at radius 3 is 2.10 bits per heavy atom. The van der Waals surface area contributed by atoms with E-state index in [0.717, 1.165) is 32.2 Å². The minimum Gasteiger partial charge on any atom is -0.339 e. The van der Waals surface area contributed by atoms with E-state index in [-0.39, 0.29) is 17.9 Å². The predicted molar refractivity (Wildman–Crippen MR) is 76.1 cm³/mol. The molecule has 3 rings (SSSR count). The number of carbonyl (C=O) groups excluding carboxylic acids is 2. The van der Waals surface area contributed by atoms with E-state index in [0.29, 0.717) is 38.0 Å². The molecule has 112 valence electrons. The Kier molecular flexibility index (Phi) is 3.96. The van der Waals surface area contributed by atoms with Crippen LogP contribution in [0.2, 0.25) is 0 Å². The molecule has 3 fully saturated rings. The highest BCUT2D eigenvalue weighted by molar-refractivity contribution is 5.84. The molecule has 0 aromatic heterocycles. The normalized spacial score (nSPS) is 31.2. The van der Waals surface area contributed by atoms with Gasteiger partial charge < -0.3 is 15.1 Å². The van der Waals surface area contributed by atoms with Crippen molar-refractivity contribution in [3.63, 3.8) is 0 Å². The molecular weight excluding hydrogens is 254 g/mol. The molecule has 0 bridgehead atoms. The van der Waals surface area contributed by atoms with E-state index in [9.17, 15) is 9.59 Å². The van der Waals surface area contributed by atoms with Crippen molar-refractivity contribution in [3.05, 3.63) is 0 Å². The van der Waals surface area contributed by atoms with Crippen LogP contribution in [0.1, 0.15) is 32.6 Å². The van der Waals surface area contributed by atoms with Gasteiger partial charge in [0.05, 0.1) is 6.04 Å². The molecule has 0 aromatic carbocycles. The smallest absolute Gasteiger partial charge is 0.240 e. The SMILES string of the molecule is CC1CCCNC1C(=O)N1CCN(C(=O)C2CC2)CC1. The van der Waals surface area contributed by atoms with E-state index in [1.54, 1.807) is 0 Å². The Morgan fingerprint density at radius 2 is 1.55 bits per heavy atom. The third-order valence-electron chi connectivity index (χ3n) is 4.87. The minimum absolute atomic E-state index is 0.0190. The van der Waals surface area contributed by atoms with E-state index in [2.05, 4.69) is 12.2 Å². The van der Waals surface area contributed by atoms with Crippen LogP contribution in [0.25, 0.3) is 0 Å². The first-order chi connectivity index (χ1) is 9.66. The maximum atomic E-state index is 12.5. The zero-order valence-corrected chi connectivity index (χ0v) is 12.3. The fourth-order valence-electron chi connectivity index (χ4n) is 3.31. The van der Waals surface area contributed by atoms with Crippen LogP contribution in [0.3, 0.4) is 0 Å². The minimum atomic E-state index is -0.0190. The summed E-state index contributed by atoms with van der Waals surface area (Å²) in [6.45, 7) is 5.91. The Bertz CT molecular complexity index is 387. The molecule has 2 aliphatic heterocycles. The molecule has 2 atom stereocenters. The van der Waals surface area contributed by atoms with Crippen molar-refractivity contribution in [1.29, 1.82) is 0 Å². The number of hydrogen-bond acceptors (Lipinski definition) is 3. The van der Waals surface area contributed by atoms with E-state index < -0.39 is 0 Å². The van der Waals surface area contributed by atoms with Crippen molar-refractivity contribution in [3.8, 4) is 0 Å². The fourth-order valence-corrected chi connectivity index (χ4v) is 3.31. The Labute approximate surface area is 120 Å². The fraction of sp³-hybridized carbons (Fsp3) is 0.867. The number of rotatable bonds is 2. The second-order valence-corrected chi connectivity index (χ2v) is 6.48. The van der Waals surface area contributed by atoms with Crippen LogP contribution in [-0.4, -0.2) is 60.4 Å². The number of piperazine rings is 1. The van der Waals surface area contributed by atoms with Crippen molar-refractivity contribution < 1.29 is 9.59 Å². The van der Waals surface area contributed by atoms with E-state index in [1.165, 1.54) is 0 Å². The van der Waals surface area contributed by atoms with Crippen LogP contribution in [0.5, 0.6) is 0 Å². The van der Waals surface area contributed by atoms with Gasteiger partial charge in [-0.25, -0.2) is 0 Å². The molecule has 3 aliphatic rings. The zero-order valence-electron chi connectivity index (χ0n) is 12.3. The first-order valence-electron chi connectivity index (χ1n) is 7.98. The molecule has 2 heterocycles. The molecule has 0 radical (unpaired) electrons. The van der Waals surface area contributed by atoms with Crippen molar-refractivity contribution in [2.24, 2.45) is 11.8 Å². The van der Waals surface area contributed by atoms with E-state index >= 15 is 0 Å². The summed E-state index contributed by atoms with van der Waals surface area (Å²) >= 11 is 0. The second kappa shape index (κ2) is 5.72. The first-order valence-corrected chi connectivity index (χ1v) is 7.98. The number of nitrogens with zero attached hydrogens (tertiary/aromatic N) is 2. The van der Waals surface area contributed by atoms with Gasteiger partial charge in [0.2, 0.25) is 11.8 Å². The zero-order chi connectivity index (χ0) is 14.1. The molecule has 2 saturated heterocycles. The van der Waals surface area contributed by atoms with Gasteiger partial charge in [0, 0.05) is 32.1 Å². The summed E-state index contributed by atoms with van der Waals surface area (Å²) in [6, 6.07) is -0.0190. The number of carbonyl (C=O) groups is 2. The number of piperidine rings is 1. The summed E-state index contributed by atoms with van der Waals surface area (Å²) in [5.41, 5.74) is 0. The highest BCUT2D eigenvalue weighted by Gasteiger charge is 2.37. The lowest BCUT2D eigenvalue weighted by Gasteiger charge is -2.39. The molecule has 2 amide bonds. The maximum Gasteiger partial charge on any atom is 0.240 e. The number of nitrogens with one attached hydrogen (secondary N) is 1. The van der Waals surface area contributed by atoms with Crippen molar-refractivity contribution in [2.75, 3.05) is 32.7 Å². The quantitative estimate of drug-likeness (QED) is 0.799. The predicted octanol–water partition coefficient (Wildman–Crippen LogP) is 0.455. The van der Waals surface area contributed by atoms with Gasteiger partial charge in [-0.05, 0) is 38.1 Å². The second-order valence-electron chi connectivity index (χ2n) is 6.48. The molecule has 1 saturated carbocycles. The third-order valence-corrected chi connectivity index (χ3v) is 4.87. The summed E-state index contributed by atoms with van der Waals surface area (Å²) in [6.07, 6.45) is 4.40. The summed E-state index contributed by atoms with van der Waals surface area (Å²) < 4.78 is 0. The molecular formula is C15H25N3O2. The lowest BCUT2D eigenvalue weighted by Crippen LogP contribution is -2.57. The Hall–Kier alpha value is -1.10. The van der Waals surface area contributed by atoms with Gasteiger partial charge >= 0.3 is 0 Å². The van der Waals surface area contributed by atoms with Gasteiger partial charge in [-0.2, -0.15) is 0 Å². The molecule has 0 aromatic rings. The maximum absolute atomic E-state index is 12.5. The summed E-state index contributed by atoms with van der Waals surface area (Å²) in [4.78, 5) is 28.4. The standard InChI is InChI=1S/C15H25N3O2/c1-11-3-2-6-16-13(11)15(20)18-9-7-17(8-10-18)14(19)12-4-5-12/h11-13,16H,2-10H2,1H3. The van der Waals surface area contributed by atoms with Crippen LogP contribution in [0, 0.1) is 11.8 Å². The third kappa shape index (κ3) is 2.82. The lowest BCUT2D eigenvalue weighted by molar-refractivity contribution is -0.142. The van der Waals surface area contributed by atoms with Crippen LogP contribution >= 0.6 is 0 Å². The highest BCUT2D eigenvalue weighted by atomic mass is 16.2. The van der Waals surface area contributed by atoms with Gasteiger partial charge in [0.1, 0.15) is 0 Å². The van der Waals surface area contributed by atoms with Crippen LogP contribution < -0.4 is 5.32 Å². The van der Waals surface area contributed by atoms with Gasteiger partial charge in [-0.3, -0.25) is 9.59 Å². The first kappa shape index (κ1) is 13.9. The van der Waals surface area contributed by atoms with E-state index in [1.807, 2.05) is 9.80 Å². The molecule has 0 spiro atoms. The van der Waals surface area contributed by atoms with Crippen molar-refractivity contribution in [1.82, 2.24) is 15.1 Å². The van der Waals surface area contributed by atoms with Crippen LogP contribution in [-0.2, 0) is 9.59 Å². The van der Waals surface area contributed by atoms with Gasteiger partial charge in [-0.15, -0.1) is 0 Å². The molecule has 5 heteroatoms. The number of hydrogen-bond donors (Lipinski definition) is 1. The molecule has 20 heavy (non-hydrogen) atoms. The van der Waals surface area contributed by atoms with Gasteiger partial charge in [0.15, 0.2) is 0 Å². The average molecular weight is 279 g/mol. The van der Waals surface area contributed by atoms with E-state index in [4.69, 9.17) is 0 Å². The topological polar surface area (TPSA) is 52.7 Å². The van der Waals surface area contributed by atoms with Crippen molar-refractivity contribution >= 4 is 11.8 Å². The lowest BCUT2D eigenvalue weighted by atomic mass is 9.91. The Morgan fingerprint density at radius 1 is 0.950 bits per heavy atom. The molecule has 1 aliphatic carbocycles.